The maximum Gasteiger partial charge on any atom is 0.261 e. The van der Waals surface area contributed by atoms with E-state index >= 15 is 0 Å². The molecule has 4 nitrogen and oxygen atoms in total. The van der Waals surface area contributed by atoms with Crippen LogP contribution >= 0.6 is 0 Å². The van der Waals surface area contributed by atoms with Crippen molar-refractivity contribution >= 4 is 11.6 Å². The first-order chi connectivity index (χ1) is 10.9. The molecule has 0 aliphatic carbocycles. The highest BCUT2D eigenvalue weighted by atomic mass is 19.2. The lowest BCUT2D eigenvalue weighted by atomic mass is 10.1. The van der Waals surface area contributed by atoms with Crippen LogP contribution in [0.5, 0.6) is 11.5 Å². The predicted molar refractivity (Wildman–Crippen MR) is 73.8 cm³/mol. The lowest BCUT2D eigenvalue weighted by Gasteiger charge is -2.11. The van der Waals surface area contributed by atoms with E-state index in [4.69, 9.17) is 4.74 Å². The molecule has 2 aromatic rings. The van der Waals surface area contributed by atoms with Gasteiger partial charge < -0.3 is 14.8 Å². The summed E-state index contributed by atoms with van der Waals surface area (Å²) in [5, 5.41) is 2.13. The quantitative estimate of drug-likeness (QED) is 0.690. The van der Waals surface area contributed by atoms with E-state index in [0.29, 0.717) is 5.75 Å². The van der Waals surface area contributed by atoms with E-state index in [-0.39, 0.29) is 5.69 Å². The second-order valence-corrected chi connectivity index (χ2v) is 4.35. The average molecular weight is 329 g/mol. The first-order valence-electron chi connectivity index (χ1n) is 6.26. The largest absolute Gasteiger partial charge is 0.497 e. The molecular formula is C15H11F4NO3. The SMILES string of the molecule is COc1cccc(NC(=O)c2c(F)c(F)c(OC)c(F)c2F)c1. The Balaban J connectivity index is 2.43. The van der Waals surface area contributed by atoms with E-state index < -0.39 is 40.5 Å². The van der Waals surface area contributed by atoms with Crippen LogP contribution in [-0.2, 0) is 0 Å². The van der Waals surface area contributed by atoms with Gasteiger partial charge in [-0.3, -0.25) is 4.79 Å². The Hall–Kier alpha value is -2.77. The monoisotopic (exact) mass is 329 g/mol. The van der Waals surface area contributed by atoms with E-state index in [9.17, 15) is 22.4 Å². The molecule has 1 N–H and O–H groups in total. The third-order valence-corrected chi connectivity index (χ3v) is 2.98. The van der Waals surface area contributed by atoms with Crippen molar-refractivity contribution in [3.8, 4) is 11.5 Å². The van der Waals surface area contributed by atoms with Gasteiger partial charge in [-0.25, -0.2) is 8.78 Å². The van der Waals surface area contributed by atoms with E-state index in [0.717, 1.165) is 7.11 Å². The molecule has 0 aromatic heterocycles. The van der Waals surface area contributed by atoms with Gasteiger partial charge in [0.15, 0.2) is 17.4 Å². The number of amides is 1. The first kappa shape index (κ1) is 16.6. The van der Waals surface area contributed by atoms with Crippen molar-refractivity contribution in [2.75, 3.05) is 19.5 Å². The lowest BCUT2D eigenvalue weighted by Crippen LogP contribution is -2.18. The summed E-state index contributed by atoms with van der Waals surface area (Å²) in [5.74, 6) is -9.49. The molecule has 2 rings (SSSR count). The summed E-state index contributed by atoms with van der Waals surface area (Å²) in [4.78, 5) is 12.0. The van der Waals surface area contributed by atoms with Gasteiger partial charge >= 0.3 is 0 Å². The van der Waals surface area contributed by atoms with Crippen molar-refractivity contribution in [1.82, 2.24) is 0 Å². The number of ether oxygens (including phenoxy) is 2. The Morgan fingerprint density at radius 2 is 1.57 bits per heavy atom. The van der Waals surface area contributed by atoms with E-state index in [1.807, 2.05) is 0 Å². The molecule has 0 spiro atoms. The smallest absolute Gasteiger partial charge is 0.261 e. The van der Waals surface area contributed by atoms with E-state index in [1.165, 1.54) is 25.3 Å². The van der Waals surface area contributed by atoms with Crippen LogP contribution in [0, 0.1) is 23.3 Å². The number of hydrogen-bond donors (Lipinski definition) is 1. The third kappa shape index (κ3) is 3.05. The van der Waals surface area contributed by atoms with Crippen LogP contribution < -0.4 is 14.8 Å². The zero-order valence-electron chi connectivity index (χ0n) is 12.0. The molecule has 122 valence electrons. The number of hydrogen-bond acceptors (Lipinski definition) is 3. The zero-order chi connectivity index (χ0) is 17.1. The minimum absolute atomic E-state index is 0.129. The van der Waals surface area contributed by atoms with Crippen LogP contribution in [0.15, 0.2) is 24.3 Å². The summed E-state index contributed by atoms with van der Waals surface area (Å²) in [5.41, 5.74) is -1.26. The van der Waals surface area contributed by atoms with Gasteiger partial charge in [0.2, 0.25) is 11.6 Å². The van der Waals surface area contributed by atoms with Gasteiger partial charge in [0.1, 0.15) is 11.3 Å². The number of rotatable bonds is 4. The molecule has 0 aliphatic heterocycles. The topological polar surface area (TPSA) is 47.6 Å². The summed E-state index contributed by atoms with van der Waals surface area (Å²) in [7, 11) is 2.23. The number of carbonyl (C=O) groups is 1. The van der Waals surface area contributed by atoms with Gasteiger partial charge in [-0.15, -0.1) is 0 Å². The maximum atomic E-state index is 13.8. The molecule has 0 saturated carbocycles. The Kier molecular flexibility index (Phi) is 4.73. The molecule has 0 fully saturated rings. The molecule has 8 heteroatoms. The van der Waals surface area contributed by atoms with Gasteiger partial charge in [-0.05, 0) is 12.1 Å². The van der Waals surface area contributed by atoms with E-state index in [2.05, 4.69) is 10.1 Å². The standard InChI is InChI=1S/C15H11F4NO3/c1-22-8-5-3-4-7(6-8)20-15(21)9-10(16)12(18)14(23-2)13(19)11(9)17/h3-6H,1-2H3,(H,20,21). The second kappa shape index (κ2) is 6.55. The fourth-order valence-electron chi connectivity index (χ4n) is 1.88. The fraction of sp³-hybridized carbons (Fsp3) is 0.133. The van der Waals surface area contributed by atoms with Crippen LogP contribution in [-0.4, -0.2) is 20.1 Å². The van der Waals surface area contributed by atoms with Crippen LogP contribution in [0.4, 0.5) is 23.2 Å². The van der Waals surface area contributed by atoms with Gasteiger partial charge in [-0.2, -0.15) is 8.78 Å². The Morgan fingerprint density at radius 3 is 2.09 bits per heavy atom. The molecule has 0 heterocycles. The molecule has 1 amide bonds. The highest BCUT2D eigenvalue weighted by Gasteiger charge is 2.30. The summed E-state index contributed by atoms with van der Waals surface area (Å²) < 4.78 is 64.1. The second-order valence-electron chi connectivity index (χ2n) is 4.35. The van der Waals surface area contributed by atoms with Gasteiger partial charge in [0, 0.05) is 11.8 Å². The molecule has 0 radical (unpaired) electrons. The van der Waals surface area contributed by atoms with Crippen LogP contribution in [0.2, 0.25) is 0 Å². The van der Waals surface area contributed by atoms with Crippen molar-refractivity contribution in [2.24, 2.45) is 0 Å². The molecular weight excluding hydrogens is 318 g/mol. The van der Waals surface area contributed by atoms with Crippen LogP contribution in [0.25, 0.3) is 0 Å². The van der Waals surface area contributed by atoms with Crippen LogP contribution in [0.3, 0.4) is 0 Å². The number of halogens is 4. The number of benzene rings is 2. The maximum absolute atomic E-state index is 13.8. The molecule has 2 aromatic carbocycles. The van der Waals surface area contributed by atoms with Crippen molar-refractivity contribution in [1.29, 1.82) is 0 Å². The Morgan fingerprint density at radius 1 is 0.957 bits per heavy atom. The molecule has 0 atom stereocenters. The normalized spacial score (nSPS) is 10.3. The van der Waals surface area contributed by atoms with Crippen molar-refractivity contribution in [3.63, 3.8) is 0 Å². The van der Waals surface area contributed by atoms with Gasteiger partial charge in [0.05, 0.1) is 14.2 Å². The fourth-order valence-corrected chi connectivity index (χ4v) is 1.88. The van der Waals surface area contributed by atoms with Crippen molar-refractivity contribution < 1.29 is 31.8 Å². The van der Waals surface area contributed by atoms with Crippen LogP contribution in [0.1, 0.15) is 10.4 Å². The zero-order valence-corrected chi connectivity index (χ0v) is 12.0. The first-order valence-corrected chi connectivity index (χ1v) is 6.26. The molecule has 0 unspecified atom stereocenters. The van der Waals surface area contributed by atoms with Crippen molar-refractivity contribution in [3.05, 3.63) is 53.1 Å². The highest BCUT2D eigenvalue weighted by molar-refractivity contribution is 6.04. The lowest BCUT2D eigenvalue weighted by molar-refractivity contribution is 0.101. The molecule has 23 heavy (non-hydrogen) atoms. The molecule has 0 saturated heterocycles. The summed E-state index contributed by atoms with van der Waals surface area (Å²) in [6.07, 6.45) is 0. The number of methoxy groups -OCH3 is 2. The molecule has 0 aliphatic rings. The number of nitrogens with one attached hydrogen (secondary N) is 1. The number of carbonyl (C=O) groups excluding carboxylic acids is 1. The molecule has 0 bridgehead atoms. The summed E-state index contributed by atoms with van der Waals surface area (Å²) in [6.45, 7) is 0. The average Bonchev–Trinajstić information content (AvgIpc) is 2.54. The minimum atomic E-state index is -1.85. The minimum Gasteiger partial charge on any atom is -0.497 e. The predicted octanol–water partition coefficient (Wildman–Crippen LogP) is 3.51. The summed E-state index contributed by atoms with van der Waals surface area (Å²) >= 11 is 0. The Labute approximate surface area is 128 Å². The van der Waals surface area contributed by atoms with Gasteiger partial charge in [-0.1, -0.05) is 6.07 Å². The third-order valence-electron chi connectivity index (χ3n) is 2.98. The van der Waals surface area contributed by atoms with Gasteiger partial charge in [0.25, 0.3) is 5.91 Å². The van der Waals surface area contributed by atoms with Crippen molar-refractivity contribution in [2.45, 2.75) is 0 Å². The summed E-state index contributed by atoms with van der Waals surface area (Å²) in [6, 6.07) is 5.86. The number of anilines is 1. The van der Waals surface area contributed by atoms with E-state index in [1.54, 1.807) is 6.07 Å². The highest BCUT2D eigenvalue weighted by Crippen LogP contribution is 2.30. The Bertz CT molecular complexity index is 736.